The molecule has 23 heavy (non-hydrogen) atoms. The van der Waals surface area contributed by atoms with Crippen molar-refractivity contribution in [3.63, 3.8) is 0 Å². The van der Waals surface area contributed by atoms with E-state index in [1.165, 1.54) is 16.8 Å². The summed E-state index contributed by atoms with van der Waals surface area (Å²) in [6, 6.07) is 10.4. The maximum atomic E-state index is 4.24. The van der Waals surface area contributed by atoms with Crippen LogP contribution in [0.15, 0.2) is 48.9 Å². The van der Waals surface area contributed by atoms with Crippen LogP contribution in [0.2, 0.25) is 0 Å². The molecule has 3 aromatic rings. The molecule has 1 aromatic carbocycles. The fraction of sp³-hybridized carbons (Fsp3) is 0.333. The van der Waals surface area contributed by atoms with Crippen molar-refractivity contribution in [3.05, 3.63) is 65.7 Å². The normalized spacial score (nSPS) is 11.8. The molecule has 0 atom stereocenters. The van der Waals surface area contributed by atoms with Gasteiger partial charge in [0.25, 0.3) is 0 Å². The molecule has 2 N–H and O–H groups in total. The standard InChI is InChI=1S/C18H23N5/c1-18(2,3)17-15(13-20-22-17)12-19-11-14-5-7-16(8-6-14)23-10-4-9-21-23/h4-10,13,19H,11-12H2,1-3H3,(H,20,22). The van der Waals surface area contributed by atoms with Crippen molar-refractivity contribution >= 4 is 0 Å². The molecule has 0 bridgehead atoms. The van der Waals surface area contributed by atoms with Crippen LogP contribution < -0.4 is 5.32 Å². The van der Waals surface area contributed by atoms with Gasteiger partial charge in [-0.05, 0) is 23.8 Å². The molecule has 2 aromatic heterocycles. The van der Waals surface area contributed by atoms with Gasteiger partial charge in [0.05, 0.1) is 11.9 Å². The highest BCUT2D eigenvalue weighted by Gasteiger charge is 2.19. The lowest BCUT2D eigenvalue weighted by molar-refractivity contribution is 0.553. The average molecular weight is 309 g/mol. The first-order valence-electron chi connectivity index (χ1n) is 7.86. The molecule has 0 saturated carbocycles. The van der Waals surface area contributed by atoms with E-state index in [2.05, 4.69) is 65.6 Å². The first-order valence-corrected chi connectivity index (χ1v) is 7.86. The van der Waals surface area contributed by atoms with Crippen molar-refractivity contribution in [2.24, 2.45) is 0 Å². The molecule has 0 spiro atoms. The zero-order chi connectivity index (χ0) is 16.3. The Hall–Kier alpha value is -2.40. The molecule has 0 aliphatic rings. The first-order chi connectivity index (χ1) is 11.0. The topological polar surface area (TPSA) is 58.5 Å². The zero-order valence-corrected chi connectivity index (χ0v) is 13.9. The number of H-pyrrole nitrogens is 1. The SMILES string of the molecule is CC(C)(C)c1[nH]ncc1CNCc1ccc(-n2cccn2)cc1. The second kappa shape index (κ2) is 6.38. The van der Waals surface area contributed by atoms with Gasteiger partial charge in [0.2, 0.25) is 0 Å². The fourth-order valence-corrected chi connectivity index (χ4v) is 2.62. The van der Waals surface area contributed by atoms with Gasteiger partial charge in [-0.25, -0.2) is 4.68 Å². The molecule has 5 nitrogen and oxygen atoms in total. The van der Waals surface area contributed by atoms with Crippen molar-refractivity contribution in [1.29, 1.82) is 0 Å². The largest absolute Gasteiger partial charge is 0.308 e. The molecule has 0 fully saturated rings. The lowest BCUT2D eigenvalue weighted by Gasteiger charge is -2.18. The van der Waals surface area contributed by atoms with Crippen molar-refractivity contribution in [2.45, 2.75) is 39.3 Å². The van der Waals surface area contributed by atoms with Gasteiger partial charge in [-0.3, -0.25) is 5.10 Å². The number of nitrogens with zero attached hydrogens (tertiary/aromatic N) is 3. The van der Waals surface area contributed by atoms with Crippen LogP contribution in [0.4, 0.5) is 0 Å². The fourth-order valence-electron chi connectivity index (χ4n) is 2.62. The molecular formula is C18H23N5. The van der Waals surface area contributed by atoms with Gasteiger partial charge < -0.3 is 5.32 Å². The minimum absolute atomic E-state index is 0.0823. The summed E-state index contributed by atoms with van der Waals surface area (Å²) in [5, 5.41) is 15.0. The monoisotopic (exact) mass is 309 g/mol. The highest BCUT2D eigenvalue weighted by molar-refractivity contribution is 5.33. The summed E-state index contributed by atoms with van der Waals surface area (Å²) >= 11 is 0. The number of hydrogen-bond acceptors (Lipinski definition) is 3. The van der Waals surface area contributed by atoms with Crippen LogP contribution in [0.25, 0.3) is 5.69 Å². The second-order valence-corrected chi connectivity index (χ2v) is 6.74. The number of benzene rings is 1. The van der Waals surface area contributed by atoms with E-state index < -0.39 is 0 Å². The van der Waals surface area contributed by atoms with Crippen LogP contribution in [-0.2, 0) is 18.5 Å². The van der Waals surface area contributed by atoms with Gasteiger partial charge >= 0.3 is 0 Å². The molecule has 0 saturated heterocycles. The van der Waals surface area contributed by atoms with E-state index in [9.17, 15) is 0 Å². The molecule has 3 rings (SSSR count). The quantitative estimate of drug-likeness (QED) is 0.761. The second-order valence-electron chi connectivity index (χ2n) is 6.74. The van der Waals surface area contributed by atoms with Crippen LogP contribution >= 0.6 is 0 Å². The van der Waals surface area contributed by atoms with E-state index in [4.69, 9.17) is 0 Å². The maximum absolute atomic E-state index is 4.24. The minimum atomic E-state index is 0.0823. The Kier molecular flexibility index (Phi) is 4.30. The summed E-state index contributed by atoms with van der Waals surface area (Å²) < 4.78 is 1.86. The van der Waals surface area contributed by atoms with Gasteiger partial charge in [0.15, 0.2) is 0 Å². The molecule has 0 aliphatic carbocycles. The van der Waals surface area contributed by atoms with Gasteiger partial charge in [-0.15, -0.1) is 0 Å². The van der Waals surface area contributed by atoms with Crippen molar-refractivity contribution < 1.29 is 0 Å². The average Bonchev–Trinajstić information content (AvgIpc) is 3.19. The highest BCUT2D eigenvalue weighted by Crippen LogP contribution is 2.23. The molecule has 0 unspecified atom stereocenters. The van der Waals surface area contributed by atoms with Crippen molar-refractivity contribution in [1.82, 2.24) is 25.3 Å². The van der Waals surface area contributed by atoms with Crippen LogP contribution in [0.5, 0.6) is 0 Å². The minimum Gasteiger partial charge on any atom is -0.308 e. The van der Waals surface area contributed by atoms with Crippen molar-refractivity contribution in [3.8, 4) is 5.69 Å². The van der Waals surface area contributed by atoms with Gasteiger partial charge in [-0.1, -0.05) is 32.9 Å². The van der Waals surface area contributed by atoms with Crippen LogP contribution in [0, 0.1) is 0 Å². The molecule has 120 valence electrons. The Bertz CT molecular complexity index is 733. The van der Waals surface area contributed by atoms with Gasteiger partial charge in [0.1, 0.15) is 0 Å². The summed E-state index contributed by atoms with van der Waals surface area (Å²) in [6.45, 7) is 8.21. The molecule has 0 amide bonds. The molecular weight excluding hydrogens is 286 g/mol. The van der Waals surface area contributed by atoms with Crippen LogP contribution in [0.1, 0.15) is 37.6 Å². The van der Waals surface area contributed by atoms with Crippen LogP contribution in [-0.4, -0.2) is 20.0 Å². The summed E-state index contributed by atoms with van der Waals surface area (Å²) in [7, 11) is 0. The van der Waals surface area contributed by atoms with Crippen molar-refractivity contribution in [2.75, 3.05) is 0 Å². The number of aromatic nitrogens is 4. The summed E-state index contributed by atoms with van der Waals surface area (Å²) in [5.41, 5.74) is 4.83. The maximum Gasteiger partial charge on any atom is 0.0645 e. The molecule has 5 heteroatoms. The van der Waals surface area contributed by atoms with E-state index >= 15 is 0 Å². The van der Waals surface area contributed by atoms with E-state index in [0.717, 1.165) is 18.8 Å². The Labute approximate surface area is 136 Å². The Morgan fingerprint density at radius 2 is 1.91 bits per heavy atom. The van der Waals surface area contributed by atoms with E-state index in [1.807, 2.05) is 23.1 Å². The Morgan fingerprint density at radius 1 is 1.13 bits per heavy atom. The number of hydrogen-bond donors (Lipinski definition) is 2. The third kappa shape index (κ3) is 3.68. The smallest absolute Gasteiger partial charge is 0.0645 e. The third-order valence-corrected chi connectivity index (χ3v) is 3.82. The first kappa shape index (κ1) is 15.5. The van der Waals surface area contributed by atoms with E-state index in [-0.39, 0.29) is 5.41 Å². The highest BCUT2D eigenvalue weighted by atomic mass is 15.3. The zero-order valence-electron chi connectivity index (χ0n) is 13.9. The lowest BCUT2D eigenvalue weighted by Crippen LogP contribution is -2.19. The number of nitrogens with one attached hydrogen (secondary N) is 2. The number of aromatic amines is 1. The molecule has 0 radical (unpaired) electrons. The summed E-state index contributed by atoms with van der Waals surface area (Å²) in [6.07, 6.45) is 5.64. The van der Waals surface area contributed by atoms with Gasteiger partial charge in [-0.2, -0.15) is 10.2 Å². The predicted molar refractivity (Wildman–Crippen MR) is 91.4 cm³/mol. The molecule has 2 heterocycles. The van der Waals surface area contributed by atoms with Crippen LogP contribution in [0.3, 0.4) is 0 Å². The third-order valence-electron chi connectivity index (χ3n) is 3.82. The van der Waals surface area contributed by atoms with E-state index in [0.29, 0.717) is 0 Å². The summed E-state index contributed by atoms with van der Waals surface area (Å²) in [4.78, 5) is 0. The predicted octanol–water partition coefficient (Wildman–Crippen LogP) is 3.18. The molecule has 0 aliphatic heterocycles. The number of rotatable bonds is 5. The van der Waals surface area contributed by atoms with E-state index in [1.54, 1.807) is 6.20 Å². The Balaban J connectivity index is 1.58. The lowest BCUT2D eigenvalue weighted by atomic mass is 9.89. The summed E-state index contributed by atoms with van der Waals surface area (Å²) in [5.74, 6) is 0. The van der Waals surface area contributed by atoms with Gasteiger partial charge in [0, 0.05) is 42.2 Å². The Morgan fingerprint density at radius 3 is 2.57 bits per heavy atom.